The number of nitrogens with one attached hydrogen (secondary N) is 1. The van der Waals surface area contributed by atoms with E-state index in [1.807, 2.05) is 0 Å². The van der Waals surface area contributed by atoms with E-state index in [0.29, 0.717) is 5.41 Å². The molecule has 0 aliphatic carbocycles. The Morgan fingerprint density at radius 1 is 1.31 bits per heavy atom. The van der Waals surface area contributed by atoms with E-state index < -0.39 is 0 Å². The Balaban J connectivity index is 2.51. The van der Waals surface area contributed by atoms with Crippen LogP contribution in [0.4, 0.5) is 0 Å². The van der Waals surface area contributed by atoms with Gasteiger partial charge in [-0.05, 0) is 42.5 Å². The highest BCUT2D eigenvalue weighted by atomic mass is 79.9. The Bertz CT molecular complexity index is 320. The van der Waals surface area contributed by atoms with Crippen molar-refractivity contribution in [1.29, 1.82) is 0 Å². The fourth-order valence-electron chi connectivity index (χ4n) is 1.87. The van der Waals surface area contributed by atoms with Gasteiger partial charge in [0.1, 0.15) is 0 Å². The maximum Gasteiger partial charge on any atom is 0.0177 e. The Labute approximate surface area is 108 Å². The van der Waals surface area contributed by atoms with E-state index in [-0.39, 0.29) is 0 Å². The number of hydrogen-bond donors (Lipinski definition) is 1. The minimum Gasteiger partial charge on any atom is -0.316 e. The molecule has 0 radical (unpaired) electrons. The second-order valence-electron chi connectivity index (χ2n) is 5.15. The SMILES string of the molecule is CCCNCC(C)(C)Cc1cccc(Br)c1. The van der Waals surface area contributed by atoms with Crippen LogP contribution < -0.4 is 5.32 Å². The number of halogens is 1. The van der Waals surface area contributed by atoms with Crippen LogP contribution in [0.15, 0.2) is 28.7 Å². The molecule has 0 unspecified atom stereocenters. The topological polar surface area (TPSA) is 12.0 Å². The maximum absolute atomic E-state index is 3.52. The third-order valence-electron chi connectivity index (χ3n) is 2.60. The van der Waals surface area contributed by atoms with Crippen molar-refractivity contribution in [2.75, 3.05) is 13.1 Å². The van der Waals surface area contributed by atoms with Gasteiger partial charge in [-0.3, -0.25) is 0 Å². The maximum atomic E-state index is 3.52. The lowest BCUT2D eigenvalue weighted by molar-refractivity contribution is 0.339. The van der Waals surface area contributed by atoms with Crippen LogP contribution in [-0.4, -0.2) is 13.1 Å². The van der Waals surface area contributed by atoms with Gasteiger partial charge in [0.25, 0.3) is 0 Å². The molecule has 1 rings (SSSR count). The normalized spacial score (nSPS) is 11.8. The molecule has 2 heteroatoms. The minimum atomic E-state index is 0.315. The molecule has 0 saturated heterocycles. The van der Waals surface area contributed by atoms with Crippen molar-refractivity contribution in [2.45, 2.75) is 33.6 Å². The molecule has 0 saturated carbocycles. The summed E-state index contributed by atoms with van der Waals surface area (Å²) in [4.78, 5) is 0. The van der Waals surface area contributed by atoms with Crippen LogP contribution in [0, 0.1) is 5.41 Å². The highest BCUT2D eigenvalue weighted by Gasteiger charge is 2.17. The summed E-state index contributed by atoms with van der Waals surface area (Å²) < 4.78 is 1.17. The zero-order valence-electron chi connectivity index (χ0n) is 10.5. The first-order valence-corrected chi connectivity index (χ1v) is 6.78. The van der Waals surface area contributed by atoms with Gasteiger partial charge < -0.3 is 5.32 Å². The molecule has 1 nitrogen and oxygen atoms in total. The molecule has 0 aliphatic heterocycles. The number of benzene rings is 1. The molecular formula is C14H22BrN. The summed E-state index contributed by atoms with van der Waals surface area (Å²) in [7, 11) is 0. The van der Waals surface area contributed by atoms with Crippen LogP contribution >= 0.6 is 15.9 Å². The molecule has 0 bridgehead atoms. The van der Waals surface area contributed by atoms with E-state index in [9.17, 15) is 0 Å². The zero-order chi connectivity index (χ0) is 12.0. The lowest BCUT2D eigenvalue weighted by Crippen LogP contribution is -2.31. The van der Waals surface area contributed by atoms with Crippen molar-refractivity contribution in [1.82, 2.24) is 5.32 Å². The van der Waals surface area contributed by atoms with Gasteiger partial charge in [0, 0.05) is 11.0 Å². The van der Waals surface area contributed by atoms with Crippen molar-refractivity contribution in [2.24, 2.45) is 5.41 Å². The van der Waals surface area contributed by atoms with Gasteiger partial charge >= 0.3 is 0 Å². The Kier molecular flexibility index (Phi) is 5.50. The first kappa shape index (κ1) is 13.7. The van der Waals surface area contributed by atoms with Gasteiger partial charge in [0.05, 0.1) is 0 Å². The van der Waals surface area contributed by atoms with Crippen molar-refractivity contribution in [3.63, 3.8) is 0 Å². The molecule has 0 fully saturated rings. The average Bonchev–Trinajstić information content (AvgIpc) is 2.17. The predicted molar refractivity (Wildman–Crippen MR) is 74.8 cm³/mol. The van der Waals surface area contributed by atoms with Crippen molar-refractivity contribution in [3.05, 3.63) is 34.3 Å². The van der Waals surface area contributed by atoms with Crippen LogP contribution in [0.1, 0.15) is 32.8 Å². The molecule has 0 aliphatic rings. The summed E-state index contributed by atoms with van der Waals surface area (Å²) in [5.74, 6) is 0. The highest BCUT2D eigenvalue weighted by molar-refractivity contribution is 9.10. The molecule has 1 aromatic carbocycles. The van der Waals surface area contributed by atoms with Crippen LogP contribution in [0.3, 0.4) is 0 Å². The molecular weight excluding hydrogens is 262 g/mol. The van der Waals surface area contributed by atoms with Crippen LogP contribution in [-0.2, 0) is 6.42 Å². The molecule has 0 aromatic heterocycles. The predicted octanol–water partition coefficient (Wildman–Crippen LogP) is 4.02. The monoisotopic (exact) mass is 283 g/mol. The lowest BCUT2D eigenvalue weighted by Gasteiger charge is -2.25. The number of hydrogen-bond acceptors (Lipinski definition) is 1. The van der Waals surface area contributed by atoms with Gasteiger partial charge in [-0.15, -0.1) is 0 Å². The largest absolute Gasteiger partial charge is 0.316 e. The van der Waals surface area contributed by atoms with Gasteiger partial charge in [-0.2, -0.15) is 0 Å². The summed E-state index contributed by atoms with van der Waals surface area (Å²) in [6.45, 7) is 9.02. The molecule has 0 spiro atoms. The minimum absolute atomic E-state index is 0.315. The third-order valence-corrected chi connectivity index (χ3v) is 3.10. The van der Waals surface area contributed by atoms with Gasteiger partial charge in [-0.25, -0.2) is 0 Å². The van der Waals surface area contributed by atoms with Crippen molar-refractivity contribution >= 4 is 15.9 Å². The van der Waals surface area contributed by atoms with E-state index in [4.69, 9.17) is 0 Å². The standard InChI is InChI=1S/C14H22BrN/c1-4-8-16-11-14(2,3)10-12-6-5-7-13(15)9-12/h5-7,9,16H,4,8,10-11H2,1-3H3. The molecule has 0 heterocycles. The van der Waals surface area contributed by atoms with E-state index in [2.05, 4.69) is 66.3 Å². The molecule has 16 heavy (non-hydrogen) atoms. The van der Waals surface area contributed by atoms with Gasteiger partial charge in [0.2, 0.25) is 0 Å². The first-order chi connectivity index (χ1) is 7.53. The fourth-order valence-corrected chi connectivity index (χ4v) is 2.31. The summed E-state index contributed by atoms with van der Waals surface area (Å²) in [6, 6.07) is 8.59. The highest BCUT2D eigenvalue weighted by Crippen LogP contribution is 2.22. The van der Waals surface area contributed by atoms with E-state index in [1.54, 1.807) is 0 Å². The molecule has 1 N–H and O–H groups in total. The Hall–Kier alpha value is -0.340. The zero-order valence-corrected chi connectivity index (χ0v) is 12.1. The van der Waals surface area contributed by atoms with Gasteiger partial charge in [0.15, 0.2) is 0 Å². The average molecular weight is 284 g/mol. The van der Waals surface area contributed by atoms with E-state index in [0.717, 1.165) is 19.5 Å². The number of rotatable bonds is 6. The smallest absolute Gasteiger partial charge is 0.0177 e. The summed E-state index contributed by atoms with van der Waals surface area (Å²) in [6.07, 6.45) is 2.32. The Morgan fingerprint density at radius 2 is 2.06 bits per heavy atom. The summed E-state index contributed by atoms with van der Waals surface area (Å²) in [5, 5.41) is 3.50. The van der Waals surface area contributed by atoms with Crippen molar-refractivity contribution < 1.29 is 0 Å². The van der Waals surface area contributed by atoms with E-state index in [1.165, 1.54) is 16.5 Å². The van der Waals surface area contributed by atoms with E-state index >= 15 is 0 Å². The molecule has 0 atom stereocenters. The second kappa shape index (κ2) is 6.41. The quantitative estimate of drug-likeness (QED) is 0.778. The van der Waals surface area contributed by atoms with Crippen LogP contribution in [0.2, 0.25) is 0 Å². The summed E-state index contributed by atoms with van der Waals surface area (Å²) >= 11 is 3.52. The molecule has 90 valence electrons. The first-order valence-electron chi connectivity index (χ1n) is 5.99. The second-order valence-corrected chi connectivity index (χ2v) is 6.06. The molecule has 0 amide bonds. The van der Waals surface area contributed by atoms with Gasteiger partial charge in [-0.1, -0.05) is 48.8 Å². The fraction of sp³-hybridized carbons (Fsp3) is 0.571. The van der Waals surface area contributed by atoms with Crippen LogP contribution in [0.5, 0.6) is 0 Å². The third kappa shape index (κ3) is 5.13. The van der Waals surface area contributed by atoms with Crippen molar-refractivity contribution in [3.8, 4) is 0 Å². The lowest BCUT2D eigenvalue weighted by atomic mass is 9.85. The molecule has 1 aromatic rings. The summed E-state index contributed by atoms with van der Waals surface area (Å²) in [5.41, 5.74) is 1.72. The Morgan fingerprint density at radius 3 is 2.69 bits per heavy atom. The van der Waals surface area contributed by atoms with Crippen LogP contribution in [0.25, 0.3) is 0 Å².